The van der Waals surface area contributed by atoms with Crippen molar-refractivity contribution in [2.75, 3.05) is 33.4 Å². The molecule has 198 valence electrons. The van der Waals surface area contributed by atoms with E-state index in [9.17, 15) is 19.2 Å². The molecular weight excluding hydrogens is 476 g/mol. The molecular formula is C27H34N4O6. The van der Waals surface area contributed by atoms with E-state index in [2.05, 4.69) is 9.97 Å². The lowest BCUT2D eigenvalue weighted by molar-refractivity contribution is -0.146. The van der Waals surface area contributed by atoms with Crippen molar-refractivity contribution in [2.24, 2.45) is 0 Å². The summed E-state index contributed by atoms with van der Waals surface area (Å²) in [5, 5.41) is 0. The van der Waals surface area contributed by atoms with Crippen molar-refractivity contribution in [3.63, 3.8) is 0 Å². The van der Waals surface area contributed by atoms with Gasteiger partial charge in [-0.3, -0.25) is 14.4 Å². The van der Waals surface area contributed by atoms with Gasteiger partial charge in [0.2, 0.25) is 5.91 Å². The molecule has 37 heavy (non-hydrogen) atoms. The van der Waals surface area contributed by atoms with Crippen LogP contribution in [0.1, 0.15) is 73.0 Å². The molecule has 1 aromatic heterocycles. The minimum absolute atomic E-state index is 0.0151. The van der Waals surface area contributed by atoms with Crippen LogP contribution in [0.25, 0.3) is 11.4 Å². The maximum Gasteiger partial charge on any atom is 0.342 e. The van der Waals surface area contributed by atoms with Crippen molar-refractivity contribution >= 4 is 23.8 Å². The van der Waals surface area contributed by atoms with Crippen LogP contribution in [0.4, 0.5) is 0 Å². The molecule has 0 radical (unpaired) electrons. The van der Waals surface area contributed by atoms with E-state index in [0.717, 1.165) is 5.56 Å². The number of carbonyl (C=O) groups excluding carboxylic acids is 4. The summed E-state index contributed by atoms with van der Waals surface area (Å²) >= 11 is 0. The number of hydrogen-bond acceptors (Lipinski definition) is 8. The first-order valence-corrected chi connectivity index (χ1v) is 12.5. The summed E-state index contributed by atoms with van der Waals surface area (Å²) in [5.41, 5.74) is 1.20. The lowest BCUT2D eigenvalue weighted by Crippen LogP contribution is -2.55. The van der Waals surface area contributed by atoms with E-state index in [1.54, 1.807) is 16.7 Å². The van der Waals surface area contributed by atoms with Gasteiger partial charge in [0.1, 0.15) is 11.3 Å². The average molecular weight is 511 g/mol. The van der Waals surface area contributed by atoms with Gasteiger partial charge in [0.15, 0.2) is 5.82 Å². The molecule has 0 aliphatic carbocycles. The maximum atomic E-state index is 13.8. The number of rotatable bonds is 8. The molecule has 1 aliphatic heterocycles. The van der Waals surface area contributed by atoms with Crippen LogP contribution in [0.5, 0.6) is 0 Å². The lowest BCUT2D eigenvalue weighted by atomic mass is 10.00. The van der Waals surface area contributed by atoms with Crippen LogP contribution in [0.2, 0.25) is 0 Å². The Labute approximate surface area is 217 Å². The van der Waals surface area contributed by atoms with Gasteiger partial charge >= 0.3 is 11.9 Å². The standard InChI is InChI=1S/C27H34N4O6/c1-6-37-21(33)13-12-20(32)31-15-14-30(16-18(31)4)26(34)24-22(27(35)36-5)23(17(2)3)28-25(29-24)19-10-8-7-9-11-19/h7-11,17-18H,6,12-16H2,1-5H3. The molecule has 1 atom stereocenters. The minimum Gasteiger partial charge on any atom is -0.466 e. The van der Waals surface area contributed by atoms with Gasteiger partial charge in [0.25, 0.3) is 5.91 Å². The monoisotopic (exact) mass is 510 g/mol. The third-order valence-corrected chi connectivity index (χ3v) is 6.19. The highest BCUT2D eigenvalue weighted by molar-refractivity contribution is 6.05. The number of amides is 2. The number of piperazine rings is 1. The molecule has 2 aromatic rings. The van der Waals surface area contributed by atoms with Gasteiger partial charge in [0, 0.05) is 37.7 Å². The second kappa shape index (κ2) is 12.4. The van der Waals surface area contributed by atoms with Gasteiger partial charge in [0.05, 0.1) is 25.8 Å². The molecule has 10 heteroatoms. The summed E-state index contributed by atoms with van der Waals surface area (Å²) in [5.74, 6) is -1.50. The smallest absolute Gasteiger partial charge is 0.342 e. The van der Waals surface area contributed by atoms with E-state index < -0.39 is 17.8 Å². The number of hydrogen-bond donors (Lipinski definition) is 0. The number of aromatic nitrogens is 2. The zero-order valence-electron chi connectivity index (χ0n) is 22.0. The number of benzene rings is 1. The summed E-state index contributed by atoms with van der Waals surface area (Å²) in [6.45, 7) is 8.43. The summed E-state index contributed by atoms with van der Waals surface area (Å²) in [6.07, 6.45) is 0.0654. The molecule has 0 bridgehead atoms. The van der Waals surface area contributed by atoms with Crippen molar-refractivity contribution in [2.45, 2.75) is 52.5 Å². The van der Waals surface area contributed by atoms with Crippen LogP contribution >= 0.6 is 0 Å². The second-order valence-electron chi connectivity index (χ2n) is 9.16. The quantitative estimate of drug-likeness (QED) is 0.497. The Morgan fingerprint density at radius 3 is 2.35 bits per heavy atom. The van der Waals surface area contributed by atoms with Crippen molar-refractivity contribution in [1.82, 2.24) is 19.8 Å². The molecule has 2 heterocycles. The van der Waals surface area contributed by atoms with Crippen LogP contribution in [-0.2, 0) is 19.1 Å². The zero-order chi connectivity index (χ0) is 27.1. The second-order valence-corrected chi connectivity index (χ2v) is 9.16. The third kappa shape index (κ3) is 6.49. The zero-order valence-corrected chi connectivity index (χ0v) is 22.0. The number of esters is 2. The first kappa shape index (κ1) is 27.8. The first-order chi connectivity index (χ1) is 17.7. The van der Waals surface area contributed by atoms with E-state index in [1.165, 1.54) is 7.11 Å². The minimum atomic E-state index is -0.674. The highest BCUT2D eigenvalue weighted by Gasteiger charge is 2.34. The number of nitrogens with zero attached hydrogens (tertiary/aromatic N) is 4. The Morgan fingerprint density at radius 2 is 1.76 bits per heavy atom. The van der Waals surface area contributed by atoms with Crippen LogP contribution in [-0.4, -0.2) is 82.9 Å². The average Bonchev–Trinajstić information content (AvgIpc) is 2.90. The molecule has 1 unspecified atom stereocenters. The van der Waals surface area contributed by atoms with E-state index in [4.69, 9.17) is 9.47 Å². The van der Waals surface area contributed by atoms with Gasteiger partial charge in [-0.15, -0.1) is 0 Å². The van der Waals surface area contributed by atoms with Crippen molar-refractivity contribution in [3.05, 3.63) is 47.3 Å². The maximum absolute atomic E-state index is 13.8. The van der Waals surface area contributed by atoms with Crippen molar-refractivity contribution < 1.29 is 28.7 Å². The van der Waals surface area contributed by atoms with Crippen LogP contribution in [0, 0.1) is 0 Å². The number of methoxy groups -OCH3 is 1. The number of ether oxygens (including phenoxy) is 2. The van der Waals surface area contributed by atoms with Crippen LogP contribution in [0.15, 0.2) is 30.3 Å². The Balaban J connectivity index is 1.89. The van der Waals surface area contributed by atoms with Gasteiger partial charge in [-0.05, 0) is 19.8 Å². The van der Waals surface area contributed by atoms with E-state index in [0.29, 0.717) is 18.1 Å². The van der Waals surface area contributed by atoms with Gasteiger partial charge < -0.3 is 19.3 Å². The van der Waals surface area contributed by atoms with Gasteiger partial charge in [-0.1, -0.05) is 44.2 Å². The first-order valence-electron chi connectivity index (χ1n) is 12.5. The highest BCUT2D eigenvalue weighted by atomic mass is 16.5. The predicted molar refractivity (Wildman–Crippen MR) is 136 cm³/mol. The summed E-state index contributed by atoms with van der Waals surface area (Å²) < 4.78 is 9.90. The van der Waals surface area contributed by atoms with Crippen LogP contribution in [0.3, 0.4) is 0 Å². The van der Waals surface area contributed by atoms with E-state index in [1.807, 2.05) is 51.1 Å². The lowest BCUT2D eigenvalue weighted by Gasteiger charge is -2.40. The molecule has 2 amide bonds. The largest absolute Gasteiger partial charge is 0.466 e. The molecule has 1 aliphatic rings. The predicted octanol–water partition coefficient (Wildman–Crippen LogP) is 3.07. The SMILES string of the molecule is CCOC(=O)CCC(=O)N1CCN(C(=O)c2nc(-c3ccccc3)nc(C(C)C)c2C(=O)OC)CC1C. The molecule has 1 aromatic carbocycles. The third-order valence-electron chi connectivity index (χ3n) is 6.19. The Morgan fingerprint density at radius 1 is 1.05 bits per heavy atom. The summed E-state index contributed by atoms with van der Waals surface area (Å²) in [4.78, 5) is 63.3. The molecule has 0 spiro atoms. The Bertz CT molecular complexity index is 1150. The molecule has 0 N–H and O–H groups in total. The normalized spacial score (nSPS) is 15.5. The fourth-order valence-corrected chi connectivity index (χ4v) is 4.32. The van der Waals surface area contributed by atoms with Gasteiger partial charge in [-0.2, -0.15) is 0 Å². The topological polar surface area (TPSA) is 119 Å². The van der Waals surface area contributed by atoms with Crippen molar-refractivity contribution in [1.29, 1.82) is 0 Å². The van der Waals surface area contributed by atoms with Crippen LogP contribution < -0.4 is 0 Å². The fraction of sp³-hybridized carbons (Fsp3) is 0.481. The molecule has 0 saturated carbocycles. The molecule has 1 saturated heterocycles. The number of carbonyl (C=O) groups is 4. The highest BCUT2D eigenvalue weighted by Crippen LogP contribution is 2.27. The van der Waals surface area contributed by atoms with Gasteiger partial charge in [-0.25, -0.2) is 14.8 Å². The van der Waals surface area contributed by atoms with E-state index in [-0.39, 0.29) is 61.7 Å². The molecule has 1 fully saturated rings. The summed E-state index contributed by atoms with van der Waals surface area (Å²) in [6, 6.07) is 8.97. The van der Waals surface area contributed by atoms with E-state index >= 15 is 0 Å². The van der Waals surface area contributed by atoms with Crippen molar-refractivity contribution in [3.8, 4) is 11.4 Å². The summed E-state index contributed by atoms with van der Waals surface area (Å²) in [7, 11) is 1.26. The molecule has 10 nitrogen and oxygen atoms in total. The Hall–Kier alpha value is -3.82. The fourth-order valence-electron chi connectivity index (χ4n) is 4.32. The Kier molecular flexibility index (Phi) is 9.32. The molecule has 3 rings (SSSR count).